The molecule has 0 saturated carbocycles. The van der Waals surface area contributed by atoms with Crippen LogP contribution in [0.5, 0.6) is 5.75 Å². The van der Waals surface area contributed by atoms with Gasteiger partial charge < -0.3 is 9.47 Å². The third-order valence-corrected chi connectivity index (χ3v) is 3.71. The molecule has 0 saturated heterocycles. The molecular weight excluding hydrogens is 370 g/mol. The van der Waals surface area contributed by atoms with Crippen molar-refractivity contribution in [2.75, 3.05) is 0 Å². The van der Waals surface area contributed by atoms with Gasteiger partial charge in [0.05, 0.1) is 0 Å². The molecule has 3 aromatic rings. The Morgan fingerprint density at radius 3 is 2.54 bits per heavy atom. The first kappa shape index (κ1) is 19.2. The molecule has 9 heteroatoms. The zero-order valence-electron chi connectivity index (χ0n) is 14.8. The van der Waals surface area contributed by atoms with E-state index in [1.54, 1.807) is 37.3 Å². The van der Waals surface area contributed by atoms with Crippen LogP contribution < -0.4 is 4.74 Å². The lowest BCUT2D eigenvalue weighted by Crippen LogP contribution is -2.15. The number of aromatic nitrogens is 4. The monoisotopic (exact) mass is 386 g/mol. The Labute approximate surface area is 159 Å². The SMILES string of the molecule is Cc1nnnn1/C(=C\c1ccccc1)C(=O)OCc1ccccc1OC(F)F. The zero-order chi connectivity index (χ0) is 19.9. The molecule has 28 heavy (non-hydrogen) atoms. The molecule has 144 valence electrons. The Kier molecular flexibility index (Phi) is 6.05. The maximum absolute atomic E-state index is 12.7. The van der Waals surface area contributed by atoms with Gasteiger partial charge in [0.15, 0.2) is 11.5 Å². The van der Waals surface area contributed by atoms with E-state index in [2.05, 4.69) is 20.3 Å². The largest absolute Gasteiger partial charge is 0.456 e. The highest BCUT2D eigenvalue weighted by atomic mass is 19.3. The third-order valence-electron chi connectivity index (χ3n) is 3.71. The van der Waals surface area contributed by atoms with E-state index in [-0.39, 0.29) is 18.1 Å². The Hall–Kier alpha value is -3.62. The van der Waals surface area contributed by atoms with E-state index in [0.29, 0.717) is 11.4 Å². The molecule has 7 nitrogen and oxygen atoms in total. The lowest BCUT2D eigenvalue weighted by molar-refractivity contribution is -0.138. The fourth-order valence-electron chi connectivity index (χ4n) is 2.42. The lowest BCUT2D eigenvalue weighted by atomic mass is 10.2. The normalized spacial score (nSPS) is 11.5. The number of hydrogen-bond acceptors (Lipinski definition) is 6. The summed E-state index contributed by atoms with van der Waals surface area (Å²) in [6.07, 6.45) is 1.58. The quantitative estimate of drug-likeness (QED) is 0.458. The molecule has 1 aromatic heterocycles. The molecule has 0 N–H and O–H groups in total. The predicted molar refractivity (Wildman–Crippen MR) is 96.0 cm³/mol. The van der Waals surface area contributed by atoms with Crippen LogP contribution in [0, 0.1) is 6.92 Å². The first-order valence-electron chi connectivity index (χ1n) is 8.26. The van der Waals surface area contributed by atoms with Crippen LogP contribution in [0.3, 0.4) is 0 Å². The number of aryl methyl sites for hydroxylation is 1. The van der Waals surface area contributed by atoms with Crippen molar-refractivity contribution in [2.45, 2.75) is 20.1 Å². The summed E-state index contributed by atoms with van der Waals surface area (Å²) in [6.45, 7) is -1.60. The summed E-state index contributed by atoms with van der Waals surface area (Å²) in [4.78, 5) is 12.7. The third kappa shape index (κ3) is 4.76. The van der Waals surface area contributed by atoms with Crippen LogP contribution in [0.15, 0.2) is 54.6 Å². The molecule has 0 bridgehead atoms. The van der Waals surface area contributed by atoms with Crippen molar-refractivity contribution in [3.05, 3.63) is 71.5 Å². The molecule has 0 atom stereocenters. The summed E-state index contributed by atoms with van der Waals surface area (Å²) in [5.41, 5.74) is 1.13. The molecular formula is C19H16F2N4O3. The molecule has 0 spiro atoms. The van der Waals surface area contributed by atoms with Crippen LogP contribution >= 0.6 is 0 Å². The van der Waals surface area contributed by atoms with Crippen LogP contribution in [0.25, 0.3) is 11.8 Å². The molecule has 3 rings (SSSR count). The molecule has 0 radical (unpaired) electrons. The van der Waals surface area contributed by atoms with Crippen molar-refractivity contribution in [1.29, 1.82) is 0 Å². The van der Waals surface area contributed by atoms with Crippen molar-refractivity contribution in [1.82, 2.24) is 20.2 Å². The summed E-state index contributed by atoms with van der Waals surface area (Å²) in [7, 11) is 0. The van der Waals surface area contributed by atoms with Gasteiger partial charge in [0, 0.05) is 5.56 Å². The van der Waals surface area contributed by atoms with E-state index < -0.39 is 12.6 Å². The smallest absolute Gasteiger partial charge is 0.387 e. The number of carbonyl (C=O) groups is 1. The van der Waals surface area contributed by atoms with Crippen molar-refractivity contribution in [3.63, 3.8) is 0 Å². The predicted octanol–water partition coefficient (Wildman–Crippen LogP) is 3.32. The minimum atomic E-state index is -2.98. The number of ether oxygens (including phenoxy) is 2. The number of carbonyl (C=O) groups excluding carboxylic acids is 1. The highest BCUT2D eigenvalue weighted by Gasteiger charge is 2.19. The molecule has 0 aliphatic rings. The minimum absolute atomic E-state index is 0.0579. The second-order valence-corrected chi connectivity index (χ2v) is 5.64. The molecule has 0 amide bonds. The fourth-order valence-corrected chi connectivity index (χ4v) is 2.42. The van der Waals surface area contributed by atoms with Gasteiger partial charge in [-0.2, -0.15) is 13.5 Å². The van der Waals surface area contributed by atoms with Gasteiger partial charge in [0.2, 0.25) is 0 Å². The van der Waals surface area contributed by atoms with Crippen molar-refractivity contribution in [2.24, 2.45) is 0 Å². The van der Waals surface area contributed by atoms with Crippen LogP contribution in [0.4, 0.5) is 8.78 Å². The number of benzene rings is 2. The molecule has 0 fully saturated rings. The Morgan fingerprint density at radius 1 is 1.14 bits per heavy atom. The summed E-state index contributed by atoms with van der Waals surface area (Å²) in [6, 6.07) is 15.2. The van der Waals surface area contributed by atoms with Gasteiger partial charge in [0.25, 0.3) is 0 Å². The average molecular weight is 386 g/mol. The fraction of sp³-hybridized carbons (Fsp3) is 0.158. The lowest BCUT2D eigenvalue weighted by Gasteiger charge is -2.12. The van der Waals surface area contributed by atoms with Gasteiger partial charge in [-0.05, 0) is 35.1 Å². The highest BCUT2D eigenvalue weighted by Crippen LogP contribution is 2.22. The van der Waals surface area contributed by atoms with E-state index in [1.165, 1.54) is 16.8 Å². The number of tetrazole rings is 1. The van der Waals surface area contributed by atoms with E-state index >= 15 is 0 Å². The van der Waals surface area contributed by atoms with Gasteiger partial charge in [0.1, 0.15) is 12.4 Å². The molecule has 2 aromatic carbocycles. The van der Waals surface area contributed by atoms with Gasteiger partial charge in [-0.1, -0.05) is 48.5 Å². The number of rotatable bonds is 7. The molecule has 0 aliphatic carbocycles. The number of esters is 1. The number of hydrogen-bond donors (Lipinski definition) is 0. The van der Waals surface area contributed by atoms with Crippen LogP contribution in [-0.4, -0.2) is 32.8 Å². The topological polar surface area (TPSA) is 79.1 Å². The first-order chi connectivity index (χ1) is 13.5. The average Bonchev–Trinajstić information content (AvgIpc) is 3.11. The molecule has 1 heterocycles. The van der Waals surface area contributed by atoms with Gasteiger partial charge in [-0.25, -0.2) is 4.79 Å². The van der Waals surface area contributed by atoms with E-state index in [9.17, 15) is 13.6 Å². The van der Waals surface area contributed by atoms with E-state index in [1.807, 2.05) is 18.2 Å². The maximum atomic E-state index is 12.7. The van der Waals surface area contributed by atoms with Crippen LogP contribution in [-0.2, 0) is 16.1 Å². The van der Waals surface area contributed by atoms with Gasteiger partial charge >= 0.3 is 12.6 Å². The van der Waals surface area contributed by atoms with Crippen LogP contribution in [0.1, 0.15) is 17.0 Å². The standard InChI is InChI=1S/C19H16F2N4O3/c1-13-22-23-24-25(13)16(11-14-7-3-2-4-8-14)18(26)27-12-15-9-5-6-10-17(15)28-19(20)21/h2-11,19H,12H2,1H3/b16-11-. The highest BCUT2D eigenvalue weighted by molar-refractivity contribution is 6.15. The number of nitrogens with zero attached hydrogens (tertiary/aromatic N) is 4. The molecule has 0 aliphatic heterocycles. The van der Waals surface area contributed by atoms with Gasteiger partial charge in [-0.3, -0.25) is 0 Å². The second-order valence-electron chi connectivity index (χ2n) is 5.64. The van der Waals surface area contributed by atoms with Crippen molar-refractivity contribution in [3.8, 4) is 5.75 Å². The zero-order valence-corrected chi connectivity index (χ0v) is 14.8. The molecule has 0 unspecified atom stereocenters. The van der Waals surface area contributed by atoms with Crippen LogP contribution in [0.2, 0.25) is 0 Å². The number of alkyl halides is 2. The van der Waals surface area contributed by atoms with E-state index in [0.717, 1.165) is 5.56 Å². The van der Waals surface area contributed by atoms with Gasteiger partial charge in [-0.15, -0.1) is 5.10 Å². The summed E-state index contributed by atoms with van der Waals surface area (Å²) < 4.78 is 36.1. The Morgan fingerprint density at radius 2 is 1.86 bits per heavy atom. The maximum Gasteiger partial charge on any atom is 0.387 e. The summed E-state index contributed by atoms with van der Waals surface area (Å²) in [5, 5.41) is 11.1. The number of halogens is 2. The Bertz CT molecular complexity index is 974. The summed E-state index contributed by atoms with van der Waals surface area (Å²) >= 11 is 0. The second kappa shape index (κ2) is 8.85. The van der Waals surface area contributed by atoms with E-state index in [4.69, 9.17) is 4.74 Å². The van der Waals surface area contributed by atoms with Crippen molar-refractivity contribution >= 4 is 17.7 Å². The Balaban J connectivity index is 1.84. The minimum Gasteiger partial charge on any atom is -0.456 e. The number of para-hydroxylation sites is 1. The van der Waals surface area contributed by atoms with Crippen molar-refractivity contribution < 1.29 is 23.0 Å². The summed E-state index contributed by atoms with van der Waals surface area (Å²) in [5.74, 6) is -0.385. The first-order valence-corrected chi connectivity index (χ1v) is 8.26.